The maximum Gasteiger partial charge on any atom is 0.330 e. The summed E-state index contributed by atoms with van der Waals surface area (Å²) in [7, 11) is 1.53. The summed E-state index contributed by atoms with van der Waals surface area (Å²) in [4.78, 5) is 42.4. The summed E-state index contributed by atoms with van der Waals surface area (Å²) in [6, 6.07) is 6.01. The average Bonchev–Trinajstić information content (AvgIpc) is 3.03. The maximum atomic E-state index is 12.6. The smallest absolute Gasteiger partial charge is 0.330 e. The van der Waals surface area contributed by atoms with Crippen molar-refractivity contribution >= 4 is 16.9 Å². The lowest BCUT2D eigenvalue weighted by Crippen LogP contribution is -2.32. The Hall–Kier alpha value is -3.27. The molecule has 0 unspecified atom stereocenters. The number of methoxy groups -OCH3 is 1. The number of hydrogen-bond donors (Lipinski definition) is 1. The molecule has 0 bridgehead atoms. The number of fused-ring (bicyclic) bond motifs is 1. The fourth-order valence-corrected chi connectivity index (χ4v) is 3.09. The number of ether oxygens (including phenoxy) is 1. The van der Waals surface area contributed by atoms with Crippen molar-refractivity contribution in [1.29, 1.82) is 0 Å². The lowest BCUT2D eigenvalue weighted by atomic mass is 10.2. The molecule has 10 nitrogen and oxygen atoms in total. The zero-order chi connectivity index (χ0) is 20.4. The van der Waals surface area contributed by atoms with Crippen molar-refractivity contribution < 1.29 is 9.66 Å². The van der Waals surface area contributed by atoms with E-state index >= 15 is 0 Å². The Kier molecular flexibility index (Phi) is 5.41. The number of aromatic amines is 1. The SMILES string of the molecule is COCCn1c(-c2cccc([N+](=O)[O-])c2)nc2c1c(=O)[nH]c(=O)n2CC(C)C. The minimum atomic E-state index is -0.555. The van der Waals surface area contributed by atoms with Gasteiger partial charge in [-0.1, -0.05) is 26.0 Å². The van der Waals surface area contributed by atoms with Gasteiger partial charge in [-0.05, 0) is 5.92 Å². The highest BCUT2D eigenvalue weighted by molar-refractivity contribution is 5.77. The number of rotatable bonds is 7. The van der Waals surface area contributed by atoms with E-state index in [4.69, 9.17) is 4.74 Å². The Bertz CT molecular complexity index is 1140. The molecule has 0 spiro atoms. The third-order valence-electron chi connectivity index (χ3n) is 4.27. The van der Waals surface area contributed by atoms with Crippen LogP contribution in [0.25, 0.3) is 22.6 Å². The van der Waals surface area contributed by atoms with Crippen molar-refractivity contribution in [2.75, 3.05) is 13.7 Å². The van der Waals surface area contributed by atoms with Gasteiger partial charge >= 0.3 is 5.69 Å². The monoisotopic (exact) mass is 387 g/mol. The van der Waals surface area contributed by atoms with Gasteiger partial charge in [0.25, 0.3) is 11.2 Å². The zero-order valence-corrected chi connectivity index (χ0v) is 15.8. The Morgan fingerprint density at radius 2 is 2.04 bits per heavy atom. The molecule has 10 heteroatoms. The second kappa shape index (κ2) is 7.77. The Morgan fingerprint density at radius 3 is 2.68 bits per heavy atom. The van der Waals surface area contributed by atoms with Crippen LogP contribution in [0.4, 0.5) is 5.69 Å². The number of nitrogens with one attached hydrogen (secondary N) is 1. The molecule has 0 aliphatic carbocycles. The first kappa shape index (κ1) is 19.5. The Labute approximate surface area is 159 Å². The highest BCUT2D eigenvalue weighted by Crippen LogP contribution is 2.26. The summed E-state index contributed by atoms with van der Waals surface area (Å²) in [6.45, 7) is 4.88. The van der Waals surface area contributed by atoms with E-state index in [9.17, 15) is 19.7 Å². The lowest BCUT2D eigenvalue weighted by Gasteiger charge is -2.10. The number of hydrogen-bond acceptors (Lipinski definition) is 6. The van der Waals surface area contributed by atoms with E-state index in [1.165, 1.54) is 23.8 Å². The highest BCUT2D eigenvalue weighted by atomic mass is 16.6. The molecule has 1 aromatic carbocycles. The van der Waals surface area contributed by atoms with Crippen LogP contribution in [-0.2, 0) is 17.8 Å². The summed E-state index contributed by atoms with van der Waals surface area (Å²) in [6.07, 6.45) is 0. The van der Waals surface area contributed by atoms with Crippen molar-refractivity contribution in [3.8, 4) is 11.4 Å². The topological polar surface area (TPSA) is 125 Å². The molecule has 0 radical (unpaired) electrons. The van der Waals surface area contributed by atoms with E-state index in [1.807, 2.05) is 13.8 Å². The Morgan fingerprint density at radius 1 is 1.29 bits per heavy atom. The lowest BCUT2D eigenvalue weighted by molar-refractivity contribution is -0.384. The van der Waals surface area contributed by atoms with Gasteiger partial charge in [0.2, 0.25) is 0 Å². The average molecular weight is 387 g/mol. The third kappa shape index (κ3) is 3.58. The number of non-ortho nitro benzene ring substituents is 1. The molecule has 0 aliphatic heterocycles. The molecule has 3 aromatic rings. The van der Waals surface area contributed by atoms with Gasteiger partial charge in [-0.3, -0.25) is 24.5 Å². The van der Waals surface area contributed by atoms with E-state index in [2.05, 4.69) is 9.97 Å². The minimum absolute atomic E-state index is 0.0867. The summed E-state index contributed by atoms with van der Waals surface area (Å²) in [5, 5.41) is 11.1. The molecule has 0 saturated heterocycles. The molecular formula is C18H21N5O5. The van der Waals surface area contributed by atoms with Crippen LogP contribution >= 0.6 is 0 Å². The van der Waals surface area contributed by atoms with Crippen LogP contribution in [0.5, 0.6) is 0 Å². The van der Waals surface area contributed by atoms with Gasteiger partial charge in [0, 0.05) is 37.9 Å². The molecule has 0 atom stereocenters. The van der Waals surface area contributed by atoms with Gasteiger partial charge in [-0.15, -0.1) is 0 Å². The van der Waals surface area contributed by atoms with E-state index in [0.717, 1.165) is 0 Å². The predicted octanol–water partition coefficient (Wildman–Crippen LogP) is 1.76. The zero-order valence-electron chi connectivity index (χ0n) is 15.8. The highest BCUT2D eigenvalue weighted by Gasteiger charge is 2.21. The van der Waals surface area contributed by atoms with Crippen LogP contribution in [0.2, 0.25) is 0 Å². The molecule has 148 valence electrons. The van der Waals surface area contributed by atoms with Gasteiger partial charge in [0.05, 0.1) is 11.5 Å². The largest absolute Gasteiger partial charge is 0.383 e. The first-order valence-electron chi connectivity index (χ1n) is 8.80. The predicted molar refractivity (Wildman–Crippen MR) is 103 cm³/mol. The van der Waals surface area contributed by atoms with Crippen molar-refractivity contribution in [1.82, 2.24) is 19.1 Å². The quantitative estimate of drug-likeness (QED) is 0.486. The van der Waals surface area contributed by atoms with Crippen molar-refractivity contribution in [2.45, 2.75) is 26.9 Å². The maximum absolute atomic E-state index is 12.6. The summed E-state index contributed by atoms with van der Waals surface area (Å²) in [5.41, 5.74) is -0.215. The first-order chi connectivity index (χ1) is 13.3. The number of nitrogens with zero attached hydrogens (tertiary/aromatic N) is 4. The second-order valence-electron chi connectivity index (χ2n) is 6.82. The van der Waals surface area contributed by atoms with E-state index in [-0.39, 0.29) is 22.8 Å². The minimum Gasteiger partial charge on any atom is -0.383 e. The van der Waals surface area contributed by atoms with Crippen LogP contribution in [0.3, 0.4) is 0 Å². The number of aromatic nitrogens is 4. The molecule has 1 N–H and O–H groups in total. The van der Waals surface area contributed by atoms with Gasteiger partial charge in [-0.25, -0.2) is 9.78 Å². The van der Waals surface area contributed by atoms with Gasteiger partial charge in [0.15, 0.2) is 11.2 Å². The molecule has 0 fully saturated rings. The standard InChI is InChI=1S/C18H21N5O5/c1-11(2)10-22-16-14(17(24)20-18(22)25)21(7-8-28-3)15(19-16)12-5-4-6-13(9-12)23(26)27/h4-6,9,11H,7-8,10H2,1-3H3,(H,20,24,25). The van der Waals surface area contributed by atoms with Crippen molar-refractivity contribution in [3.05, 3.63) is 55.2 Å². The number of nitro benzene ring substituents is 1. The van der Waals surface area contributed by atoms with Crippen molar-refractivity contribution in [3.63, 3.8) is 0 Å². The molecule has 2 aromatic heterocycles. The number of imidazole rings is 1. The molecule has 0 aliphatic rings. The van der Waals surface area contributed by atoms with Crippen LogP contribution in [0.15, 0.2) is 33.9 Å². The molecule has 28 heavy (non-hydrogen) atoms. The third-order valence-corrected chi connectivity index (χ3v) is 4.27. The normalized spacial score (nSPS) is 11.4. The summed E-state index contributed by atoms with van der Waals surface area (Å²) in [5.74, 6) is 0.515. The van der Waals surface area contributed by atoms with Gasteiger partial charge in [0.1, 0.15) is 5.82 Å². The van der Waals surface area contributed by atoms with Crippen LogP contribution < -0.4 is 11.2 Å². The van der Waals surface area contributed by atoms with Crippen LogP contribution in [-0.4, -0.2) is 37.7 Å². The Balaban J connectivity index is 2.34. The summed E-state index contributed by atoms with van der Waals surface area (Å²) >= 11 is 0. The van der Waals surface area contributed by atoms with E-state index in [1.54, 1.807) is 16.7 Å². The van der Waals surface area contributed by atoms with Crippen LogP contribution in [0.1, 0.15) is 13.8 Å². The molecule has 2 heterocycles. The molecular weight excluding hydrogens is 366 g/mol. The molecule has 0 saturated carbocycles. The molecule has 3 rings (SSSR count). The fourth-order valence-electron chi connectivity index (χ4n) is 3.09. The van der Waals surface area contributed by atoms with E-state index in [0.29, 0.717) is 31.1 Å². The molecule has 0 amide bonds. The number of nitro groups is 1. The number of benzene rings is 1. The van der Waals surface area contributed by atoms with Crippen molar-refractivity contribution in [2.24, 2.45) is 5.92 Å². The van der Waals surface area contributed by atoms with E-state index < -0.39 is 16.2 Å². The summed E-state index contributed by atoms with van der Waals surface area (Å²) < 4.78 is 8.19. The first-order valence-corrected chi connectivity index (χ1v) is 8.80. The van der Waals surface area contributed by atoms with Crippen LogP contribution in [0, 0.1) is 16.0 Å². The van der Waals surface area contributed by atoms with Gasteiger partial charge < -0.3 is 9.30 Å². The number of H-pyrrole nitrogens is 1. The second-order valence-corrected chi connectivity index (χ2v) is 6.82. The van der Waals surface area contributed by atoms with Gasteiger partial charge in [-0.2, -0.15) is 0 Å². The fraction of sp³-hybridized carbons (Fsp3) is 0.389.